The highest BCUT2D eigenvalue weighted by Gasteiger charge is 2.51. The molecule has 2 heterocycles. The summed E-state index contributed by atoms with van der Waals surface area (Å²) in [5, 5.41) is 0. The second-order valence-electron chi connectivity index (χ2n) is 4.30. The van der Waals surface area contributed by atoms with E-state index in [0.29, 0.717) is 6.61 Å². The lowest BCUT2D eigenvalue weighted by Crippen LogP contribution is -2.28. The maximum atomic E-state index is 5.83. The summed E-state index contributed by atoms with van der Waals surface area (Å²) < 4.78 is 16.8. The average Bonchev–Trinajstić information content (AvgIpc) is 2.85. The lowest BCUT2D eigenvalue weighted by Gasteiger charge is -2.14. The van der Waals surface area contributed by atoms with Crippen LogP contribution in [0.3, 0.4) is 0 Å². The maximum absolute atomic E-state index is 5.83. The number of hydrogen-bond donors (Lipinski definition) is 0. The zero-order chi connectivity index (χ0) is 10.3. The SMILES string of the molecule is CC1(C2COC(c3ccccc3)O2)CO1. The van der Waals surface area contributed by atoms with E-state index in [0.717, 1.165) is 12.2 Å². The Hall–Kier alpha value is -0.900. The average molecular weight is 206 g/mol. The van der Waals surface area contributed by atoms with Crippen LogP contribution in [0.1, 0.15) is 18.8 Å². The molecule has 2 saturated heterocycles. The van der Waals surface area contributed by atoms with E-state index in [4.69, 9.17) is 14.2 Å². The second kappa shape index (κ2) is 3.30. The molecule has 2 fully saturated rings. The van der Waals surface area contributed by atoms with E-state index < -0.39 is 0 Å². The third kappa shape index (κ3) is 1.67. The van der Waals surface area contributed by atoms with Gasteiger partial charge in [0.05, 0.1) is 13.2 Å². The molecule has 3 nitrogen and oxygen atoms in total. The van der Waals surface area contributed by atoms with Gasteiger partial charge in [0.25, 0.3) is 0 Å². The summed E-state index contributed by atoms with van der Waals surface area (Å²) in [6.45, 7) is 3.47. The molecule has 0 saturated carbocycles. The van der Waals surface area contributed by atoms with Crippen LogP contribution >= 0.6 is 0 Å². The molecule has 0 N–H and O–H groups in total. The first-order valence-corrected chi connectivity index (χ1v) is 5.24. The smallest absolute Gasteiger partial charge is 0.184 e. The van der Waals surface area contributed by atoms with E-state index in [2.05, 4.69) is 6.92 Å². The summed E-state index contributed by atoms with van der Waals surface area (Å²) in [6, 6.07) is 10.0. The van der Waals surface area contributed by atoms with Gasteiger partial charge in [-0.2, -0.15) is 0 Å². The van der Waals surface area contributed by atoms with Crippen LogP contribution in [-0.2, 0) is 14.2 Å². The van der Waals surface area contributed by atoms with Gasteiger partial charge in [-0.1, -0.05) is 30.3 Å². The van der Waals surface area contributed by atoms with Gasteiger partial charge in [-0.05, 0) is 6.92 Å². The van der Waals surface area contributed by atoms with Gasteiger partial charge >= 0.3 is 0 Å². The number of hydrogen-bond acceptors (Lipinski definition) is 3. The van der Waals surface area contributed by atoms with Crippen molar-refractivity contribution in [2.75, 3.05) is 13.2 Å². The minimum Gasteiger partial charge on any atom is -0.367 e. The van der Waals surface area contributed by atoms with Crippen LogP contribution in [0, 0.1) is 0 Å². The normalized spacial score (nSPS) is 39.3. The largest absolute Gasteiger partial charge is 0.367 e. The van der Waals surface area contributed by atoms with Crippen LogP contribution < -0.4 is 0 Å². The van der Waals surface area contributed by atoms with Crippen LogP contribution in [0.15, 0.2) is 30.3 Å². The van der Waals surface area contributed by atoms with E-state index in [1.54, 1.807) is 0 Å². The monoisotopic (exact) mass is 206 g/mol. The molecule has 0 amide bonds. The summed E-state index contributed by atoms with van der Waals surface area (Å²) in [5.74, 6) is 0. The van der Waals surface area contributed by atoms with Crippen molar-refractivity contribution in [1.82, 2.24) is 0 Å². The highest BCUT2D eigenvalue weighted by atomic mass is 16.7. The van der Waals surface area contributed by atoms with Gasteiger partial charge in [-0.3, -0.25) is 0 Å². The van der Waals surface area contributed by atoms with Crippen LogP contribution in [0.25, 0.3) is 0 Å². The van der Waals surface area contributed by atoms with Crippen molar-refractivity contribution in [2.45, 2.75) is 24.9 Å². The van der Waals surface area contributed by atoms with Crippen molar-refractivity contribution in [3.05, 3.63) is 35.9 Å². The molecular formula is C12H14O3. The summed E-state index contributed by atoms with van der Waals surface area (Å²) in [6.07, 6.45) is -0.153. The number of rotatable bonds is 2. The first kappa shape index (κ1) is 9.33. The van der Waals surface area contributed by atoms with Crippen LogP contribution in [0.5, 0.6) is 0 Å². The van der Waals surface area contributed by atoms with Gasteiger partial charge in [0, 0.05) is 5.56 Å². The minimum absolute atomic E-state index is 0.0720. The van der Waals surface area contributed by atoms with Gasteiger partial charge in [0.1, 0.15) is 11.7 Å². The Morgan fingerprint density at radius 2 is 2.00 bits per heavy atom. The lowest BCUT2D eigenvalue weighted by atomic mass is 10.1. The predicted molar refractivity (Wildman–Crippen MR) is 54.4 cm³/mol. The standard InChI is InChI=1S/C12H14O3/c1-12(8-14-12)10-7-13-11(15-10)9-5-3-2-4-6-9/h2-6,10-11H,7-8H2,1H3. The number of benzene rings is 1. The Labute approximate surface area is 89.0 Å². The fourth-order valence-corrected chi connectivity index (χ4v) is 1.81. The minimum atomic E-state index is -0.225. The fraction of sp³-hybridized carbons (Fsp3) is 0.500. The Bertz CT molecular complexity index is 345. The van der Waals surface area contributed by atoms with E-state index in [1.165, 1.54) is 0 Å². The molecule has 3 heteroatoms. The van der Waals surface area contributed by atoms with Crippen molar-refractivity contribution >= 4 is 0 Å². The van der Waals surface area contributed by atoms with E-state index in [-0.39, 0.29) is 18.0 Å². The summed E-state index contributed by atoms with van der Waals surface area (Å²) >= 11 is 0. The summed E-state index contributed by atoms with van der Waals surface area (Å²) in [7, 11) is 0. The van der Waals surface area contributed by atoms with Gasteiger partial charge in [-0.15, -0.1) is 0 Å². The molecule has 0 bridgehead atoms. The molecule has 2 aliphatic rings. The lowest BCUT2D eigenvalue weighted by molar-refractivity contribution is -0.0715. The molecular weight excluding hydrogens is 192 g/mol. The van der Waals surface area contributed by atoms with Crippen molar-refractivity contribution in [2.24, 2.45) is 0 Å². The van der Waals surface area contributed by atoms with Gasteiger partial charge < -0.3 is 14.2 Å². The Morgan fingerprint density at radius 1 is 1.27 bits per heavy atom. The Morgan fingerprint density at radius 3 is 2.67 bits per heavy atom. The van der Waals surface area contributed by atoms with Crippen LogP contribution in [-0.4, -0.2) is 24.9 Å². The molecule has 1 aromatic rings. The molecule has 0 aliphatic carbocycles. The van der Waals surface area contributed by atoms with Gasteiger partial charge in [-0.25, -0.2) is 0 Å². The number of epoxide rings is 1. The molecule has 1 aromatic carbocycles. The molecule has 0 aromatic heterocycles. The first-order valence-electron chi connectivity index (χ1n) is 5.24. The third-order valence-electron chi connectivity index (χ3n) is 3.04. The van der Waals surface area contributed by atoms with Crippen molar-refractivity contribution in [1.29, 1.82) is 0 Å². The van der Waals surface area contributed by atoms with Crippen molar-refractivity contribution in [3.63, 3.8) is 0 Å². The van der Waals surface area contributed by atoms with E-state index >= 15 is 0 Å². The number of ether oxygens (including phenoxy) is 3. The summed E-state index contributed by atoms with van der Waals surface area (Å²) in [4.78, 5) is 0. The highest BCUT2D eigenvalue weighted by molar-refractivity contribution is 5.17. The molecule has 3 rings (SSSR count). The van der Waals surface area contributed by atoms with Gasteiger partial charge in [0.15, 0.2) is 6.29 Å². The second-order valence-corrected chi connectivity index (χ2v) is 4.30. The quantitative estimate of drug-likeness (QED) is 0.692. The predicted octanol–water partition coefficient (Wildman–Crippen LogP) is 1.89. The van der Waals surface area contributed by atoms with E-state index in [9.17, 15) is 0 Å². The molecule has 0 radical (unpaired) electrons. The molecule has 2 aliphatic heterocycles. The summed E-state index contributed by atoms with van der Waals surface area (Å²) in [5.41, 5.74) is 0.966. The molecule has 15 heavy (non-hydrogen) atoms. The van der Waals surface area contributed by atoms with Crippen LogP contribution in [0.4, 0.5) is 0 Å². The highest BCUT2D eigenvalue weighted by Crippen LogP contribution is 2.39. The molecule has 80 valence electrons. The Balaban J connectivity index is 1.71. The zero-order valence-electron chi connectivity index (χ0n) is 8.68. The molecule has 0 spiro atoms. The van der Waals surface area contributed by atoms with Gasteiger partial charge in [0.2, 0.25) is 0 Å². The fourth-order valence-electron chi connectivity index (χ4n) is 1.81. The van der Waals surface area contributed by atoms with E-state index in [1.807, 2.05) is 30.3 Å². The topological polar surface area (TPSA) is 31.0 Å². The first-order chi connectivity index (χ1) is 7.28. The Kier molecular flexibility index (Phi) is 2.06. The maximum Gasteiger partial charge on any atom is 0.184 e. The van der Waals surface area contributed by atoms with Crippen molar-refractivity contribution < 1.29 is 14.2 Å². The van der Waals surface area contributed by atoms with Crippen molar-refractivity contribution in [3.8, 4) is 0 Å². The van der Waals surface area contributed by atoms with Crippen LogP contribution in [0.2, 0.25) is 0 Å². The molecule has 3 unspecified atom stereocenters. The third-order valence-corrected chi connectivity index (χ3v) is 3.04. The molecule has 3 atom stereocenters. The zero-order valence-corrected chi connectivity index (χ0v) is 8.68.